The first-order valence-electron chi connectivity index (χ1n) is 10.5. The van der Waals surface area contributed by atoms with Crippen LogP contribution in [0.4, 0.5) is 0 Å². The molecule has 0 bridgehead atoms. The van der Waals surface area contributed by atoms with E-state index in [-0.39, 0.29) is 6.42 Å². The van der Waals surface area contributed by atoms with Crippen LogP contribution in [0, 0.1) is 0 Å². The van der Waals surface area contributed by atoms with Crippen molar-refractivity contribution in [3.05, 3.63) is 54.2 Å². The maximum absolute atomic E-state index is 12.9. The van der Waals surface area contributed by atoms with Gasteiger partial charge in [-0.05, 0) is 36.5 Å². The second-order valence-corrected chi connectivity index (χ2v) is 8.68. The third kappa shape index (κ3) is 6.59. The lowest BCUT2D eigenvalue weighted by Crippen LogP contribution is -2.55. The van der Waals surface area contributed by atoms with E-state index in [9.17, 15) is 19.5 Å². The first kappa shape index (κ1) is 24.3. The molecule has 0 aliphatic heterocycles. The molecule has 176 valence electrons. The Kier molecular flexibility index (Phi) is 8.50. The number of carbonyl (C=O) groups excluding carboxylic acids is 2. The zero-order valence-corrected chi connectivity index (χ0v) is 19.0. The Balaban J connectivity index is 1.64. The monoisotopic (exact) mass is 472 g/mol. The van der Waals surface area contributed by atoms with E-state index < -0.39 is 35.9 Å². The van der Waals surface area contributed by atoms with Gasteiger partial charge in [0.15, 0.2) is 0 Å². The fourth-order valence-electron chi connectivity index (χ4n) is 3.50. The van der Waals surface area contributed by atoms with Gasteiger partial charge >= 0.3 is 5.97 Å². The van der Waals surface area contributed by atoms with Crippen molar-refractivity contribution in [3.63, 3.8) is 0 Å². The summed E-state index contributed by atoms with van der Waals surface area (Å²) in [5.41, 5.74) is 8.58. The third-order valence-corrected chi connectivity index (χ3v) is 5.93. The number of amides is 2. The van der Waals surface area contributed by atoms with E-state index in [1.165, 1.54) is 24.3 Å². The molecule has 33 heavy (non-hydrogen) atoms. The van der Waals surface area contributed by atoms with Gasteiger partial charge in [-0.2, -0.15) is 11.8 Å². The number of nitrogens with one attached hydrogen (secondary N) is 4. The van der Waals surface area contributed by atoms with Crippen molar-refractivity contribution in [2.24, 2.45) is 5.73 Å². The van der Waals surface area contributed by atoms with Crippen LogP contribution >= 0.6 is 11.8 Å². The predicted octanol–water partition coefficient (Wildman–Crippen LogP) is 0.811. The lowest BCUT2D eigenvalue weighted by molar-refractivity contribution is -0.142. The minimum absolute atomic E-state index is 0.0460. The van der Waals surface area contributed by atoms with Crippen LogP contribution in [0.1, 0.15) is 17.7 Å². The SMILES string of the molecule is CSCCC(NC(=O)C(N)Cc1c[nH]c2ccccc12)C(=O)NC(Cc1cnc[nH]1)C(=O)O. The molecule has 0 saturated carbocycles. The van der Waals surface area contributed by atoms with Crippen molar-refractivity contribution in [1.82, 2.24) is 25.6 Å². The van der Waals surface area contributed by atoms with Crippen molar-refractivity contribution in [2.45, 2.75) is 37.4 Å². The Labute approximate surface area is 195 Å². The summed E-state index contributed by atoms with van der Waals surface area (Å²) in [6, 6.07) is 4.79. The number of nitrogens with two attached hydrogens (primary N) is 1. The lowest BCUT2D eigenvalue weighted by atomic mass is 10.0. The second kappa shape index (κ2) is 11.5. The molecule has 3 aromatic rings. The Morgan fingerprint density at radius 3 is 2.58 bits per heavy atom. The van der Waals surface area contributed by atoms with Crippen molar-refractivity contribution >= 4 is 40.4 Å². The highest BCUT2D eigenvalue weighted by molar-refractivity contribution is 7.98. The molecule has 2 amide bonds. The van der Waals surface area contributed by atoms with Crippen LogP contribution in [-0.2, 0) is 27.2 Å². The zero-order valence-electron chi connectivity index (χ0n) is 18.2. The molecule has 3 unspecified atom stereocenters. The molecule has 2 heterocycles. The van der Waals surface area contributed by atoms with Crippen molar-refractivity contribution in [1.29, 1.82) is 0 Å². The highest BCUT2D eigenvalue weighted by Gasteiger charge is 2.28. The lowest BCUT2D eigenvalue weighted by Gasteiger charge is -2.22. The van der Waals surface area contributed by atoms with Crippen LogP contribution in [0.2, 0.25) is 0 Å². The molecule has 2 aromatic heterocycles. The number of hydrogen-bond donors (Lipinski definition) is 6. The number of aromatic amines is 2. The van der Waals surface area contributed by atoms with Gasteiger partial charge in [-0.3, -0.25) is 9.59 Å². The standard InChI is InChI=1S/C22H28N6O4S/c1-33-7-6-18(21(30)28-19(22(31)32)9-14-11-24-12-26-14)27-20(29)16(23)8-13-10-25-17-5-3-2-4-15(13)17/h2-5,10-12,16,18-19,25H,6-9,23H2,1H3,(H,24,26)(H,27,29)(H,28,30)(H,31,32). The average molecular weight is 473 g/mol. The molecule has 3 rings (SSSR count). The van der Waals surface area contributed by atoms with E-state index in [2.05, 4.69) is 25.6 Å². The number of nitrogens with zero attached hydrogens (tertiary/aromatic N) is 1. The van der Waals surface area contributed by atoms with Crippen molar-refractivity contribution in [2.75, 3.05) is 12.0 Å². The van der Waals surface area contributed by atoms with Gasteiger partial charge in [0.25, 0.3) is 0 Å². The summed E-state index contributed by atoms with van der Waals surface area (Å²) >= 11 is 1.52. The molecule has 1 aromatic carbocycles. The quantitative estimate of drug-likeness (QED) is 0.227. The van der Waals surface area contributed by atoms with E-state index in [0.29, 0.717) is 24.3 Å². The molecule has 0 fully saturated rings. The number of carbonyl (C=O) groups is 3. The smallest absolute Gasteiger partial charge is 0.326 e. The summed E-state index contributed by atoms with van der Waals surface area (Å²) in [6.07, 6.45) is 7.33. The highest BCUT2D eigenvalue weighted by atomic mass is 32.2. The number of rotatable bonds is 12. The Morgan fingerprint density at radius 1 is 1.12 bits per heavy atom. The molecule has 10 nitrogen and oxygen atoms in total. The summed E-state index contributed by atoms with van der Waals surface area (Å²) in [5, 5.41) is 15.7. The first-order chi connectivity index (χ1) is 15.9. The molecule has 0 aliphatic carbocycles. The van der Waals surface area contributed by atoms with Crippen molar-refractivity contribution in [3.8, 4) is 0 Å². The number of thioether (sulfide) groups is 1. The molecule has 0 spiro atoms. The van der Waals surface area contributed by atoms with Crippen LogP contribution in [0.15, 0.2) is 43.0 Å². The summed E-state index contributed by atoms with van der Waals surface area (Å²) in [7, 11) is 0. The van der Waals surface area contributed by atoms with Crippen LogP contribution in [0.3, 0.4) is 0 Å². The van der Waals surface area contributed by atoms with Gasteiger partial charge in [0.1, 0.15) is 12.1 Å². The number of benzene rings is 1. The van der Waals surface area contributed by atoms with Crippen LogP contribution in [0.25, 0.3) is 10.9 Å². The molecule has 0 aliphatic rings. The molecule has 0 radical (unpaired) electrons. The van der Waals surface area contributed by atoms with Gasteiger partial charge in [0, 0.05) is 35.4 Å². The molecule has 3 atom stereocenters. The van der Waals surface area contributed by atoms with Crippen molar-refractivity contribution < 1.29 is 19.5 Å². The van der Waals surface area contributed by atoms with E-state index in [1.807, 2.05) is 36.7 Å². The number of carboxylic acids is 1. The number of fused-ring (bicyclic) bond motifs is 1. The predicted molar refractivity (Wildman–Crippen MR) is 127 cm³/mol. The molecule has 0 saturated heterocycles. The fourth-order valence-corrected chi connectivity index (χ4v) is 3.97. The minimum Gasteiger partial charge on any atom is -0.480 e. The normalized spacial score (nSPS) is 13.9. The molecule has 7 N–H and O–H groups in total. The molecular weight excluding hydrogens is 444 g/mol. The van der Waals surface area contributed by atoms with Crippen LogP contribution < -0.4 is 16.4 Å². The second-order valence-electron chi connectivity index (χ2n) is 7.69. The summed E-state index contributed by atoms with van der Waals surface area (Å²) < 4.78 is 0. The van der Waals surface area contributed by atoms with Gasteiger partial charge in [-0.1, -0.05) is 18.2 Å². The van der Waals surface area contributed by atoms with Crippen LogP contribution in [0.5, 0.6) is 0 Å². The van der Waals surface area contributed by atoms with Gasteiger partial charge in [-0.25, -0.2) is 9.78 Å². The summed E-state index contributed by atoms with van der Waals surface area (Å²) in [6.45, 7) is 0. The van der Waals surface area contributed by atoms with E-state index in [0.717, 1.165) is 16.5 Å². The number of para-hydroxylation sites is 1. The summed E-state index contributed by atoms with van der Waals surface area (Å²) in [4.78, 5) is 47.2. The first-order valence-corrected chi connectivity index (χ1v) is 11.9. The maximum Gasteiger partial charge on any atom is 0.326 e. The number of aliphatic carboxylic acids is 1. The van der Waals surface area contributed by atoms with Gasteiger partial charge in [0.05, 0.1) is 12.4 Å². The number of imidazole rings is 1. The van der Waals surface area contributed by atoms with E-state index in [4.69, 9.17) is 5.73 Å². The number of carboxylic acid groups (broad SMARTS) is 1. The van der Waals surface area contributed by atoms with Crippen LogP contribution in [-0.4, -0.2) is 68.0 Å². The zero-order chi connectivity index (χ0) is 23.8. The van der Waals surface area contributed by atoms with E-state index in [1.54, 1.807) is 0 Å². The third-order valence-electron chi connectivity index (χ3n) is 5.29. The number of H-pyrrole nitrogens is 2. The molecular formula is C22H28N6O4S. The Hall–Kier alpha value is -3.31. The average Bonchev–Trinajstić information content (AvgIpc) is 3.46. The van der Waals surface area contributed by atoms with Gasteiger partial charge in [-0.15, -0.1) is 0 Å². The van der Waals surface area contributed by atoms with Gasteiger partial charge < -0.3 is 31.4 Å². The fraction of sp³-hybridized carbons (Fsp3) is 0.364. The van der Waals surface area contributed by atoms with Gasteiger partial charge in [0.2, 0.25) is 11.8 Å². The molecule has 11 heteroatoms. The topological polar surface area (TPSA) is 166 Å². The maximum atomic E-state index is 12.9. The minimum atomic E-state index is -1.18. The largest absolute Gasteiger partial charge is 0.480 e. The van der Waals surface area contributed by atoms with E-state index >= 15 is 0 Å². The summed E-state index contributed by atoms with van der Waals surface area (Å²) in [5.74, 6) is -1.61. The highest BCUT2D eigenvalue weighted by Crippen LogP contribution is 2.18. The Bertz CT molecular complexity index is 1080. The Morgan fingerprint density at radius 2 is 1.88 bits per heavy atom. The number of aromatic nitrogens is 3. The number of hydrogen-bond acceptors (Lipinski definition) is 6.